The fourth-order valence-electron chi connectivity index (χ4n) is 2.00. The van der Waals surface area contributed by atoms with Crippen LogP contribution in [0.15, 0.2) is 22.7 Å². The predicted molar refractivity (Wildman–Crippen MR) is 81.0 cm³/mol. The van der Waals surface area contributed by atoms with Gasteiger partial charge in [0.15, 0.2) is 0 Å². The van der Waals surface area contributed by atoms with Crippen LogP contribution in [-0.2, 0) is 15.1 Å². The van der Waals surface area contributed by atoms with Crippen LogP contribution in [0.3, 0.4) is 0 Å². The van der Waals surface area contributed by atoms with E-state index in [0.717, 1.165) is 10.9 Å². The monoisotopic (exact) mass is 345 g/mol. The van der Waals surface area contributed by atoms with Crippen LogP contribution < -0.4 is 5.32 Å². The van der Waals surface area contributed by atoms with Crippen molar-refractivity contribution in [3.63, 3.8) is 0 Å². The molecule has 0 aliphatic rings. The molecule has 2 unspecified atom stereocenters. The Hall–Kier alpha value is -0.940. The molecule has 0 heterocycles. The summed E-state index contributed by atoms with van der Waals surface area (Å²) in [4.78, 5) is 12.3. The molecule has 0 fully saturated rings. The molecule has 0 aromatic heterocycles. The third-order valence-electron chi connectivity index (χ3n) is 3.30. The van der Waals surface area contributed by atoms with Crippen molar-refractivity contribution in [2.24, 2.45) is 0 Å². The molecular weight excluding hydrogens is 325 g/mol. The fraction of sp³-hybridized carbons (Fsp3) is 0.533. The highest BCUT2D eigenvalue weighted by Gasteiger charge is 2.39. The Labute approximate surface area is 128 Å². The summed E-state index contributed by atoms with van der Waals surface area (Å²) >= 11 is 3.31. The molecule has 0 saturated heterocycles. The maximum atomic E-state index is 14.2. The van der Waals surface area contributed by atoms with E-state index in [2.05, 4.69) is 21.2 Å². The maximum Gasteiger partial charge on any atom is 0.330 e. The van der Waals surface area contributed by atoms with Crippen molar-refractivity contribution in [1.82, 2.24) is 5.32 Å². The number of esters is 1. The maximum absolute atomic E-state index is 14.2. The van der Waals surface area contributed by atoms with E-state index in [-0.39, 0.29) is 18.2 Å². The number of ether oxygens (including phenoxy) is 1. The molecule has 0 amide bonds. The number of carbonyl (C=O) groups is 1. The van der Waals surface area contributed by atoms with Gasteiger partial charge in [-0.2, -0.15) is 0 Å². The van der Waals surface area contributed by atoms with Crippen molar-refractivity contribution in [1.29, 1.82) is 0 Å². The number of nitrogens with one attached hydrogen (secondary N) is 1. The molecule has 2 atom stereocenters. The van der Waals surface area contributed by atoms with Crippen molar-refractivity contribution >= 4 is 21.9 Å². The fourth-order valence-corrected chi connectivity index (χ4v) is 2.36. The minimum Gasteiger partial charge on any atom is -0.464 e. The van der Waals surface area contributed by atoms with Gasteiger partial charge in [0.2, 0.25) is 0 Å². The van der Waals surface area contributed by atoms with E-state index < -0.39 is 17.3 Å². The number of carbonyl (C=O) groups excluding carboxylic acids is 1. The first-order valence-corrected chi connectivity index (χ1v) is 7.54. The lowest BCUT2D eigenvalue weighted by Crippen LogP contribution is -2.51. The van der Waals surface area contributed by atoms with Crippen LogP contribution >= 0.6 is 15.9 Å². The zero-order valence-electron chi connectivity index (χ0n) is 12.3. The first-order valence-electron chi connectivity index (χ1n) is 6.75. The standard InChI is InChI=1S/C15H21BrFNO2/c1-5-10(3)18-15(4,14(19)20-6-2)12-9-11(16)7-8-13(12)17/h7-10,18H,5-6H2,1-4H3. The lowest BCUT2D eigenvalue weighted by molar-refractivity contribution is -0.151. The number of rotatable bonds is 6. The molecule has 1 aromatic carbocycles. The van der Waals surface area contributed by atoms with Gasteiger partial charge in [0, 0.05) is 16.1 Å². The third-order valence-corrected chi connectivity index (χ3v) is 3.79. The molecule has 0 aliphatic carbocycles. The SMILES string of the molecule is CCOC(=O)C(C)(NC(C)CC)c1cc(Br)ccc1F. The Bertz CT molecular complexity index is 481. The van der Waals surface area contributed by atoms with Crippen molar-refractivity contribution in [2.45, 2.75) is 45.7 Å². The highest BCUT2D eigenvalue weighted by atomic mass is 79.9. The van der Waals surface area contributed by atoms with Crippen molar-refractivity contribution in [2.75, 3.05) is 6.61 Å². The Balaban J connectivity index is 3.28. The van der Waals surface area contributed by atoms with E-state index in [1.165, 1.54) is 6.07 Å². The molecule has 0 saturated carbocycles. The lowest BCUT2D eigenvalue weighted by Gasteiger charge is -2.32. The quantitative estimate of drug-likeness (QED) is 0.798. The van der Waals surface area contributed by atoms with Gasteiger partial charge < -0.3 is 4.74 Å². The highest BCUT2D eigenvalue weighted by Crippen LogP contribution is 2.29. The minimum absolute atomic E-state index is 0.0581. The van der Waals surface area contributed by atoms with Crippen molar-refractivity contribution in [3.05, 3.63) is 34.1 Å². The zero-order valence-corrected chi connectivity index (χ0v) is 13.9. The molecule has 0 spiro atoms. The molecule has 0 bridgehead atoms. The number of halogens is 2. The van der Waals surface area contributed by atoms with E-state index >= 15 is 0 Å². The Morgan fingerprint density at radius 3 is 2.70 bits per heavy atom. The Morgan fingerprint density at radius 2 is 2.15 bits per heavy atom. The van der Waals surface area contributed by atoms with Gasteiger partial charge >= 0.3 is 5.97 Å². The average Bonchev–Trinajstić information content (AvgIpc) is 2.41. The summed E-state index contributed by atoms with van der Waals surface area (Å²) in [6.45, 7) is 7.60. The van der Waals surface area contributed by atoms with Crippen LogP contribution in [-0.4, -0.2) is 18.6 Å². The Morgan fingerprint density at radius 1 is 1.50 bits per heavy atom. The zero-order chi connectivity index (χ0) is 15.3. The van der Waals surface area contributed by atoms with Crippen LogP contribution in [0.1, 0.15) is 39.7 Å². The van der Waals surface area contributed by atoms with E-state index in [1.807, 2.05) is 13.8 Å². The van der Waals surface area contributed by atoms with E-state index in [4.69, 9.17) is 4.74 Å². The van der Waals surface area contributed by atoms with Gasteiger partial charge in [0.1, 0.15) is 11.4 Å². The van der Waals surface area contributed by atoms with Crippen molar-refractivity contribution < 1.29 is 13.9 Å². The molecule has 0 radical (unpaired) electrons. The first-order chi connectivity index (χ1) is 9.35. The molecule has 3 nitrogen and oxygen atoms in total. The van der Waals surface area contributed by atoms with Crippen LogP contribution in [0.2, 0.25) is 0 Å². The molecule has 20 heavy (non-hydrogen) atoms. The lowest BCUT2D eigenvalue weighted by atomic mass is 9.90. The van der Waals surface area contributed by atoms with Gasteiger partial charge in [-0.25, -0.2) is 9.18 Å². The normalized spacial score (nSPS) is 15.5. The molecule has 5 heteroatoms. The highest BCUT2D eigenvalue weighted by molar-refractivity contribution is 9.10. The van der Waals surface area contributed by atoms with Crippen LogP contribution in [0.25, 0.3) is 0 Å². The molecule has 1 rings (SSSR count). The minimum atomic E-state index is -1.21. The number of hydrogen-bond acceptors (Lipinski definition) is 3. The van der Waals surface area contributed by atoms with Gasteiger partial charge in [-0.15, -0.1) is 0 Å². The van der Waals surface area contributed by atoms with E-state index in [1.54, 1.807) is 26.0 Å². The molecule has 1 N–H and O–H groups in total. The number of hydrogen-bond donors (Lipinski definition) is 1. The van der Waals surface area contributed by atoms with Crippen LogP contribution in [0.4, 0.5) is 4.39 Å². The van der Waals surface area contributed by atoms with Gasteiger partial charge in [-0.3, -0.25) is 5.32 Å². The topological polar surface area (TPSA) is 38.3 Å². The summed E-state index contributed by atoms with van der Waals surface area (Å²) in [5, 5.41) is 3.18. The largest absolute Gasteiger partial charge is 0.464 e. The van der Waals surface area contributed by atoms with Gasteiger partial charge in [-0.1, -0.05) is 22.9 Å². The van der Waals surface area contributed by atoms with E-state index in [9.17, 15) is 9.18 Å². The summed E-state index contributed by atoms with van der Waals surface area (Å²) in [6.07, 6.45) is 0.824. The molecule has 1 aromatic rings. The second-order valence-electron chi connectivity index (χ2n) is 4.92. The smallest absolute Gasteiger partial charge is 0.330 e. The van der Waals surface area contributed by atoms with Gasteiger partial charge in [0.05, 0.1) is 6.61 Å². The van der Waals surface area contributed by atoms with Gasteiger partial charge in [0.25, 0.3) is 0 Å². The van der Waals surface area contributed by atoms with Crippen molar-refractivity contribution in [3.8, 4) is 0 Å². The summed E-state index contributed by atoms with van der Waals surface area (Å²) in [7, 11) is 0. The van der Waals surface area contributed by atoms with Gasteiger partial charge in [-0.05, 0) is 45.4 Å². The second-order valence-corrected chi connectivity index (χ2v) is 5.84. The van der Waals surface area contributed by atoms with Crippen LogP contribution in [0.5, 0.6) is 0 Å². The Kier molecular flexibility index (Phi) is 6.14. The average molecular weight is 346 g/mol. The third kappa shape index (κ3) is 3.79. The summed E-state index contributed by atoms with van der Waals surface area (Å²) in [5.74, 6) is -0.906. The summed E-state index contributed by atoms with van der Waals surface area (Å²) in [5.41, 5.74) is -0.926. The molecule has 0 aliphatic heterocycles. The molecule has 112 valence electrons. The predicted octanol–water partition coefficient (Wildman–Crippen LogP) is 3.75. The summed E-state index contributed by atoms with van der Waals surface area (Å²) in [6, 6.07) is 4.62. The van der Waals surface area contributed by atoms with Crippen LogP contribution in [0, 0.1) is 5.82 Å². The first kappa shape index (κ1) is 17.1. The second kappa shape index (κ2) is 7.18. The summed E-state index contributed by atoms with van der Waals surface area (Å²) < 4.78 is 20.0. The molecular formula is C15H21BrFNO2. The number of benzene rings is 1. The van der Waals surface area contributed by atoms with E-state index in [0.29, 0.717) is 0 Å².